The molecule has 0 bridgehead atoms. The lowest BCUT2D eigenvalue weighted by Crippen LogP contribution is -2.24. The van der Waals surface area contributed by atoms with Crippen LogP contribution < -0.4 is 10.6 Å². The Balaban J connectivity index is 2.24. The summed E-state index contributed by atoms with van der Waals surface area (Å²) in [6.45, 7) is 6.40. The molecule has 2 rings (SSSR count). The molecule has 4 heteroatoms. The van der Waals surface area contributed by atoms with E-state index in [2.05, 4.69) is 40.2 Å². The highest BCUT2D eigenvalue weighted by molar-refractivity contribution is 5.41. The Kier molecular flexibility index (Phi) is 4.47. The Morgan fingerprint density at radius 1 is 1.21 bits per heavy atom. The van der Waals surface area contributed by atoms with Crippen LogP contribution in [-0.2, 0) is 13.1 Å². The number of benzene rings is 1. The van der Waals surface area contributed by atoms with Crippen molar-refractivity contribution >= 4 is 5.82 Å². The Labute approximate surface area is 114 Å². The molecular weight excluding hydrogens is 236 g/mol. The zero-order valence-electron chi connectivity index (χ0n) is 11.5. The van der Waals surface area contributed by atoms with Crippen LogP contribution in [0.15, 0.2) is 36.5 Å². The van der Waals surface area contributed by atoms with E-state index in [1.165, 1.54) is 11.1 Å². The van der Waals surface area contributed by atoms with Crippen LogP contribution in [0.5, 0.6) is 0 Å². The van der Waals surface area contributed by atoms with Gasteiger partial charge < -0.3 is 10.6 Å². The summed E-state index contributed by atoms with van der Waals surface area (Å²) in [5.41, 5.74) is 9.33. The van der Waals surface area contributed by atoms with E-state index in [9.17, 15) is 0 Å². The molecule has 0 spiro atoms. The van der Waals surface area contributed by atoms with Crippen molar-refractivity contribution in [1.82, 2.24) is 10.2 Å². The molecule has 0 aliphatic heterocycles. The van der Waals surface area contributed by atoms with Crippen molar-refractivity contribution in [2.75, 3.05) is 11.4 Å². The van der Waals surface area contributed by atoms with Crippen LogP contribution in [0.1, 0.15) is 23.6 Å². The van der Waals surface area contributed by atoms with E-state index in [4.69, 9.17) is 5.73 Å². The minimum Gasteiger partial charge on any atom is -0.351 e. The Bertz CT molecular complexity index is 539. The number of aromatic nitrogens is 2. The van der Waals surface area contributed by atoms with Gasteiger partial charge in [-0.15, -0.1) is 5.10 Å². The third-order valence-corrected chi connectivity index (χ3v) is 3.18. The molecule has 0 aliphatic rings. The van der Waals surface area contributed by atoms with Crippen LogP contribution in [-0.4, -0.2) is 16.7 Å². The maximum atomic E-state index is 5.78. The van der Waals surface area contributed by atoms with E-state index < -0.39 is 0 Å². The lowest BCUT2D eigenvalue weighted by Gasteiger charge is -2.23. The zero-order chi connectivity index (χ0) is 13.7. The summed E-state index contributed by atoms with van der Waals surface area (Å²) in [5.74, 6) is 0.911. The average Bonchev–Trinajstić information content (AvgIpc) is 2.45. The molecule has 1 aromatic heterocycles. The molecule has 0 unspecified atom stereocenters. The van der Waals surface area contributed by atoms with Crippen molar-refractivity contribution in [1.29, 1.82) is 0 Å². The first-order valence-corrected chi connectivity index (χ1v) is 6.55. The molecule has 0 radical (unpaired) electrons. The van der Waals surface area contributed by atoms with Gasteiger partial charge in [0.25, 0.3) is 0 Å². The Hall–Kier alpha value is -1.94. The molecule has 1 aromatic carbocycles. The topological polar surface area (TPSA) is 55.0 Å². The van der Waals surface area contributed by atoms with Crippen molar-refractivity contribution in [3.63, 3.8) is 0 Å². The summed E-state index contributed by atoms with van der Waals surface area (Å²) in [5, 5.41) is 8.23. The second kappa shape index (κ2) is 6.29. The predicted octanol–water partition coefficient (Wildman–Crippen LogP) is 2.27. The maximum Gasteiger partial charge on any atom is 0.151 e. The maximum absolute atomic E-state index is 5.78. The van der Waals surface area contributed by atoms with Gasteiger partial charge >= 0.3 is 0 Å². The average molecular weight is 256 g/mol. The van der Waals surface area contributed by atoms with Gasteiger partial charge in [-0.3, -0.25) is 0 Å². The van der Waals surface area contributed by atoms with Gasteiger partial charge in [0.05, 0.1) is 6.20 Å². The fourth-order valence-electron chi connectivity index (χ4n) is 2.07. The normalized spacial score (nSPS) is 10.5. The molecule has 1 heterocycles. The van der Waals surface area contributed by atoms with Gasteiger partial charge in [-0.2, -0.15) is 5.10 Å². The summed E-state index contributed by atoms with van der Waals surface area (Å²) in [7, 11) is 0. The number of hydrogen-bond acceptors (Lipinski definition) is 4. The predicted molar refractivity (Wildman–Crippen MR) is 77.8 cm³/mol. The molecule has 0 amide bonds. The largest absolute Gasteiger partial charge is 0.351 e. The molecule has 0 saturated carbocycles. The summed E-state index contributed by atoms with van der Waals surface area (Å²) < 4.78 is 0. The van der Waals surface area contributed by atoms with Crippen molar-refractivity contribution < 1.29 is 0 Å². The first-order chi connectivity index (χ1) is 9.24. The SMILES string of the molecule is CCN(Cc1ccccc1CN)c1cc(C)cnn1. The number of nitrogens with two attached hydrogens (primary N) is 1. The number of rotatable bonds is 5. The van der Waals surface area contributed by atoms with Crippen molar-refractivity contribution in [2.45, 2.75) is 26.9 Å². The summed E-state index contributed by atoms with van der Waals surface area (Å²) in [4.78, 5) is 2.20. The van der Waals surface area contributed by atoms with Crippen molar-refractivity contribution in [2.24, 2.45) is 5.73 Å². The van der Waals surface area contributed by atoms with Gasteiger partial charge in [-0.25, -0.2) is 0 Å². The second-order valence-corrected chi connectivity index (χ2v) is 4.58. The van der Waals surface area contributed by atoms with Gasteiger partial charge in [-0.1, -0.05) is 24.3 Å². The van der Waals surface area contributed by atoms with Crippen molar-refractivity contribution in [3.05, 3.63) is 53.2 Å². The van der Waals surface area contributed by atoms with Crippen LogP contribution in [0, 0.1) is 6.92 Å². The van der Waals surface area contributed by atoms with Gasteiger partial charge in [0.2, 0.25) is 0 Å². The molecule has 100 valence electrons. The highest BCUT2D eigenvalue weighted by atomic mass is 15.2. The molecule has 2 N–H and O–H groups in total. The fraction of sp³-hybridized carbons (Fsp3) is 0.333. The van der Waals surface area contributed by atoms with Crippen LogP contribution >= 0.6 is 0 Å². The van der Waals surface area contributed by atoms with Crippen molar-refractivity contribution in [3.8, 4) is 0 Å². The lowest BCUT2D eigenvalue weighted by atomic mass is 10.1. The molecule has 4 nitrogen and oxygen atoms in total. The number of hydrogen-bond donors (Lipinski definition) is 1. The lowest BCUT2D eigenvalue weighted by molar-refractivity contribution is 0.786. The standard InChI is InChI=1S/C15H20N4/c1-3-19(15-8-12(2)10-17-18-15)11-14-7-5-4-6-13(14)9-16/h4-8,10H,3,9,11,16H2,1-2H3. The quantitative estimate of drug-likeness (QED) is 0.891. The first-order valence-electron chi connectivity index (χ1n) is 6.55. The summed E-state index contributed by atoms with van der Waals surface area (Å²) in [6.07, 6.45) is 1.77. The molecule has 19 heavy (non-hydrogen) atoms. The monoisotopic (exact) mass is 256 g/mol. The molecule has 2 aromatic rings. The Morgan fingerprint density at radius 3 is 2.58 bits per heavy atom. The van der Waals surface area contributed by atoms with E-state index in [0.29, 0.717) is 6.54 Å². The number of anilines is 1. The van der Waals surface area contributed by atoms with Crippen LogP contribution in [0.4, 0.5) is 5.82 Å². The van der Waals surface area contributed by atoms with Crippen LogP contribution in [0.25, 0.3) is 0 Å². The van der Waals surface area contributed by atoms with E-state index in [1.807, 2.05) is 19.1 Å². The highest BCUT2D eigenvalue weighted by Gasteiger charge is 2.09. The van der Waals surface area contributed by atoms with Gasteiger partial charge in [-0.05, 0) is 36.6 Å². The molecule has 0 aliphatic carbocycles. The third-order valence-electron chi connectivity index (χ3n) is 3.18. The number of aryl methyl sites for hydroxylation is 1. The highest BCUT2D eigenvalue weighted by Crippen LogP contribution is 2.17. The van der Waals surface area contributed by atoms with E-state index in [-0.39, 0.29) is 0 Å². The smallest absolute Gasteiger partial charge is 0.151 e. The van der Waals surface area contributed by atoms with E-state index >= 15 is 0 Å². The summed E-state index contributed by atoms with van der Waals surface area (Å²) in [6, 6.07) is 10.3. The van der Waals surface area contributed by atoms with E-state index in [1.54, 1.807) is 6.20 Å². The minimum absolute atomic E-state index is 0.563. The second-order valence-electron chi connectivity index (χ2n) is 4.58. The van der Waals surface area contributed by atoms with Gasteiger partial charge in [0.1, 0.15) is 0 Å². The third kappa shape index (κ3) is 3.29. The number of nitrogens with zero attached hydrogens (tertiary/aromatic N) is 3. The molecule has 0 fully saturated rings. The minimum atomic E-state index is 0.563. The molecule has 0 saturated heterocycles. The summed E-state index contributed by atoms with van der Waals surface area (Å²) >= 11 is 0. The molecule has 0 atom stereocenters. The van der Waals surface area contributed by atoms with Gasteiger partial charge in [0.15, 0.2) is 5.82 Å². The zero-order valence-corrected chi connectivity index (χ0v) is 11.5. The van der Waals surface area contributed by atoms with Gasteiger partial charge in [0, 0.05) is 19.6 Å². The van der Waals surface area contributed by atoms with E-state index in [0.717, 1.165) is 24.5 Å². The molecular formula is C15H20N4. The van der Waals surface area contributed by atoms with Crippen LogP contribution in [0.2, 0.25) is 0 Å². The first kappa shape index (κ1) is 13.5. The van der Waals surface area contributed by atoms with Crippen LogP contribution in [0.3, 0.4) is 0 Å². The Morgan fingerprint density at radius 2 is 1.95 bits per heavy atom. The fourth-order valence-corrected chi connectivity index (χ4v) is 2.07.